The van der Waals surface area contributed by atoms with Gasteiger partial charge < -0.3 is 4.90 Å². The van der Waals surface area contributed by atoms with E-state index in [0.29, 0.717) is 0 Å². The second kappa shape index (κ2) is 6.03. The summed E-state index contributed by atoms with van der Waals surface area (Å²) < 4.78 is 0. The lowest BCUT2D eigenvalue weighted by Crippen LogP contribution is -2.30. The first-order valence-electron chi connectivity index (χ1n) is 6.64. The molecule has 0 radical (unpaired) electrons. The lowest BCUT2D eigenvalue weighted by Gasteiger charge is -2.23. The maximum absolute atomic E-state index is 5.73. The Hall–Kier alpha value is -1.32. The van der Waals surface area contributed by atoms with Crippen LogP contribution in [-0.4, -0.2) is 14.1 Å². The highest BCUT2D eigenvalue weighted by molar-refractivity contribution is 5.47. The van der Waals surface area contributed by atoms with E-state index < -0.39 is 0 Å². The van der Waals surface area contributed by atoms with Crippen molar-refractivity contribution in [3.8, 4) is 0 Å². The van der Waals surface area contributed by atoms with Gasteiger partial charge in [-0.2, -0.15) is 0 Å². The first kappa shape index (κ1) is 13.1. The third kappa shape index (κ3) is 2.92. The lowest BCUT2D eigenvalue weighted by molar-refractivity contribution is 0.566. The standard InChI is InChI=1S/C15H23N3/c1-18(2)14-10-8-13(9-11-14)15(17-16)12-6-4-3-5-7-12/h6,8-11,15,17H,3-5,7,16H2,1-2H3. The van der Waals surface area contributed by atoms with Gasteiger partial charge in [0.05, 0.1) is 6.04 Å². The van der Waals surface area contributed by atoms with Crippen LogP contribution < -0.4 is 16.2 Å². The van der Waals surface area contributed by atoms with E-state index in [1.165, 1.54) is 36.1 Å². The van der Waals surface area contributed by atoms with Gasteiger partial charge in [-0.3, -0.25) is 5.84 Å². The highest BCUT2D eigenvalue weighted by Crippen LogP contribution is 2.30. The maximum Gasteiger partial charge on any atom is 0.0670 e. The van der Waals surface area contributed by atoms with Gasteiger partial charge in [0.25, 0.3) is 0 Å². The molecule has 2 rings (SSSR count). The molecule has 0 aromatic heterocycles. The Morgan fingerprint density at radius 3 is 2.39 bits per heavy atom. The summed E-state index contributed by atoms with van der Waals surface area (Å²) in [5.74, 6) is 5.73. The Morgan fingerprint density at radius 2 is 1.89 bits per heavy atom. The van der Waals surface area contributed by atoms with E-state index in [2.05, 4.69) is 54.8 Å². The molecule has 0 fully saturated rings. The molecule has 3 nitrogen and oxygen atoms in total. The van der Waals surface area contributed by atoms with Gasteiger partial charge in [0.1, 0.15) is 0 Å². The van der Waals surface area contributed by atoms with Crippen molar-refractivity contribution in [2.75, 3.05) is 19.0 Å². The number of hydrogen-bond donors (Lipinski definition) is 2. The first-order chi connectivity index (χ1) is 8.72. The van der Waals surface area contributed by atoms with E-state index in [4.69, 9.17) is 5.84 Å². The molecular formula is C15H23N3. The fraction of sp³-hybridized carbons (Fsp3) is 0.467. The molecule has 0 heterocycles. The van der Waals surface area contributed by atoms with Crippen LogP contribution in [-0.2, 0) is 0 Å². The molecule has 1 aromatic carbocycles. The number of hydrogen-bond acceptors (Lipinski definition) is 3. The van der Waals surface area contributed by atoms with Gasteiger partial charge in [-0.05, 0) is 43.4 Å². The fourth-order valence-electron chi connectivity index (χ4n) is 2.51. The average molecular weight is 245 g/mol. The number of benzene rings is 1. The molecule has 0 saturated carbocycles. The van der Waals surface area contributed by atoms with Crippen molar-refractivity contribution in [1.29, 1.82) is 0 Å². The predicted octanol–water partition coefficient (Wildman–Crippen LogP) is 2.76. The van der Waals surface area contributed by atoms with E-state index in [1.54, 1.807) is 0 Å². The zero-order chi connectivity index (χ0) is 13.0. The Labute approximate surface area is 110 Å². The molecule has 0 saturated heterocycles. The molecule has 0 bridgehead atoms. The van der Waals surface area contributed by atoms with Crippen molar-refractivity contribution < 1.29 is 0 Å². The summed E-state index contributed by atoms with van der Waals surface area (Å²) >= 11 is 0. The Balaban J connectivity index is 2.19. The maximum atomic E-state index is 5.73. The van der Waals surface area contributed by atoms with Crippen LogP contribution >= 0.6 is 0 Å². The summed E-state index contributed by atoms with van der Waals surface area (Å²) in [6, 6.07) is 8.78. The van der Waals surface area contributed by atoms with Gasteiger partial charge >= 0.3 is 0 Å². The Kier molecular flexibility index (Phi) is 4.39. The quantitative estimate of drug-likeness (QED) is 0.487. The number of allylic oxidation sites excluding steroid dienone is 1. The minimum Gasteiger partial charge on any atom is -0.378 e. The van der Waals surface area contributed by atoms with E-state index >= 15 is 0 Å². The van der Waals surface area contributed by atoms with Gasteiger partial charge in [0, 0.05) is 19.8 Å². The minimum atomic E-state index is 0.168. The molecule has 0 spiro atoms. The van der Waals surface area contributed by atoms with Crippen LogP contribution in [0.3, 0.4) is 0 Å². The fourth-order valence-corrected chi connectivity index (χ4v) is 2.51. The van der Waals surface area contributed by atoms with Gasteiger partial charge in [-0.1, -0.05) is 23.8 Å². The highest BCUT2D eigenvalue weighted by atomic mass is 15.2. The number of nitrogens with one attached hydrogen (secondary N) is 1. The number of nitrogens with two attached hydrogens (primary N) is 1. The van der Waals surface area contributed by atoms with Crippen LogP contribution in [0.1, 0.15) is 37.3 Å². The van der Waals surface area contributed by atoms with E-state index in [9.17, 15) is 0 Å². The second-order valence-corrected chi connectivity index (χ2v) is 5.11. The van der Waals surface area contributed by atoms with Crippen molar-refractivity contribution in [2.45, 2.75) is 31.7 Å². The zero-order valence-electron chi connectivity index (χ0n) is 11.3. The molecule has 1 aromatic rings. The summed E-state index contributed by atoms with van der Waals surface area (Å²) in [7, 11) is 4.11. The molecular weight excluding hydrogens is 222 g/mol. The normalized spacial score (nSPS) is 17.2. The third-order valence-electron chi connectivity index (χ3n) is 3.61. The topological polar surface area (TPSA) is 41.3 Å². The second-order valence-electron chi connectivity index (χ2n) is 5.11. The largest absolute Gasteiger partial charge is 0.378 e. The zero-order valence-corrected chi connectivity index (χ0v) is 11.3. The lowest BCUT2D eigenvalue weighted by atomic mass is 9.90. The predicted molar refractivity (Wildman–Crippen MR) is 77.4 cm³/mol. The van der Waals surface area contributed by atoms with Crippen molar-refractivity contribution in [2.24, 2.45) is 5.84 Å². The number of rotatable bonds is 4. The van der Waals surface area contributed by atoms with Gasteiger partial charge in [-0.25, -0.2) is 5.43 Å². The SMILES string of the molecule is CN(C)c1ccc(C(NN)C2=CCCCC2)cc1. The van der Waals surface area contributed by atoms with Gasteiger partial charge in [0.15, 0.2) is 0 Å². The van der Waals surface area contributed by atoms with Gasteiger partial charge in [0.2, 0.25) is 0 Å². The van der Waals surface area contributed by atoms with Crippen molar-refractivity contribution >= 4 is 5.69 Å². The Morgan fingerprint density at radius 1 is 1.17 bits per heavy atom. The summed E-state index contributed by atoms with van der Waals surface area (Å²) in [6.45, 7) is 0. The summed E-state index contributed by atoms with van der Waals surface area (Å²) in [4.78, 5) is 2.11. The molecule has 18 heavy (non-hydrogen) atoms. The molecule has 1 unspecified atom stereocenters. The number of nitrogens with zero attached hydrogens (tertiary/aromatic N) is 1. The van der Waals surface area contributed by atoms with Crippen LogP contribution in [0.25, 0.3) is 0 Å². The minimum absolute atomic E-state index is 0.168. The van der Waals surface area contributed by atoms with Crippen LogP contribution in [0.5, 0.6) is 0 Å². The molecule has 1 aliphatic rings. The molecule has 0 amide bonds. The van der Waals surface area contributed by atoms with Gasteiger partial charge in [-0.15, -0.1) is 0 Å². The Bertz CT molecular complexity index is 406. The van der Waals surface area contributed by atoms with Crippen molar-refractivity contribution in [1.82, 2.24) is 5.43 Å². The third-order valence-corrected chi connectivity index (χ3v) is 3.61. The monoisotopic (exact) mass is 245 g/mol. The van der Waals surface area contributed by atoms with Crippen LogP contribution in [0.4, 0.5) is 5.69 Å². The first-order valence-corrected chi connectivity index (χ1v) is 6.64. The van der Waals surface area contributed by atoms with E-state index in [1.807, 2.05) is 0 Å². The van der Waals surface area contributed by atoms with Crippen molar-refractivity contribution in [3.63, 3.8) is 0 Å². The number of hydrazine groups is 1. The van der Waals surface area contributed by atoms with Crippen LogP contribution in [0, 0.1) is 0 Å². The summed E-state index contributed by atoms with van der Waals surface area (Å²) in [5, 5.41) is 0. The van der Waals surface area contributed by atoms with Crippen LogP contribution in [0.15, 0.2) is 35.9 Å². The number of anilines is 1. The van der Waals surface area contributed by atoms with E-state index in [-0.39, 0.29) is 6.04 Å². The molecule has 1 atom stereocenters. The van der Waals surface area contributed by atoms with Crippen LogP contribution in [0.2, 0.25) is 0 Å². The average Bonchev–Trinajstić information content (AvgIpc) is 2.41. The highest BCUT2D eigenvalue weighted by Gasteiger charge is 2.16. The molecule has 3 heteroatoms. The molecule has 98 valence electrons. The molecule has 3 N–H and O–H groups in total. The molecule has 0 aliphatic heterocycles. The smallest absolute Gasteiger partial charge is 0.0670 e. The molecule has 1 aliphatic carbocycles. The summed E-state index contributed by atoms with van der Waals surface area (Å²) in [5.41, 5.74) is 6.85. The summed E-state index contributed by atoms with van der Waals surface area (Å²) in [6.07, 6.45) is 7.27. The van der Waals surface area contributed by atoms with E-state index in [0.717, 1.165) is 6.42 Å². The van der Waals surface area contributed by atoms with Crippen molar-refractivity contribution in [3.05, 3.63) is 41.5 Å².